The van der Waals surface area contributed by atoms with E-state index in [4.69, 9.17) is 9.47 Å². The molecular weight excluding hydrogens is 304 g/mol. The predicted octanol–water partition coefficient (Wildman–Crippen LogP) is 3.69. The van der Waals surface area contributed by atoms with Crippen LogP contribution in [0.25, 0.3) is 5.65 Å². The van der Waals surface area contributed by atoms with Gasteiger partial charge in [0.2, 0.25) is 0 Å². The van der Waals surface area contributed by atoms with Gasteiger partial charge in [-0.05, 0) is 36.6 Å². The molecule has 126 valence electrons. The summed E-state index contributed by atoms with van der Waals surface area (Å²) in [4.78, 5) is 4.41. The van der Waals surface area contributed by atoms with Crippen LogP contribution < -0.4 is 14.8 Å². The van der Waals surface area contributed by atoms with Gasteiger partial charge in [0.1, 0.15) is 0 Å². The van der Waals surface area contributed by atoms with Crippen LogP contribution in [0.5, 0.6) is 11.5 Å². The summed E-state index contributed by atoms with van der Waals surface area (Å²) in [6.45, 7) is 4.37. The van der Waals surface area contributed by atoms with Gasteiger partial charge in [-0.25, -0.2) is 9.50 Å². The summed E-state index contributed by atoms with van der Waals surface area (Å²) in [7, 11) is 3.24. The van der Waals surface area contributed by atoms with Crippen LogP contribution in [0.1, 0.15) is 19.5 Å². The van der Waals surface area contributed by atoms with Crippen LogP contribution in [-0.4, -0.2) is 28.8 Å². The molecule has 0 unspecified atom stereocenters. The first-order valence-electron chi connectivity index (χ1n) is 7.93. The van der Waals surface area contributed by atoms with Gasteiger partial charge in [-0.15, -0.1) is 5.10 Å². The number of hydrogen-bond donors (Lipinski definition) is 1. The van der Waals surface area contributed by atoms with Gasteiger partial charge in [0.25, 0.3) is 0 Å². The summed E-state index contributed by atoms with van der Waals surface area (Å²) in [5.74, 6) is 2.67. The molecule has 0 aliphatic rings. The average molecular weight is 326 g/mol. The number of imidazole rings is 1. The van der Waals surface area contributed by atoms with E-state index in [1.54, 1.807) is 14.2 Å². The zero-order valence-corrected chi connectivity index (χ0v) is 14.4. The first kappa shape index (κ1) is 16.1. The van der Waals surface area contributed by atoms with Gasteiger partial charge in [0.05, 0.1) is 26.1 Å². The van der Waals surface area contributed by atoms with E-state index in [1.165, 1.54) is 0 Å². The van der Waals surface area contributed by atoms with E-state index in [9.17, 15) is 0 Å². The molecule has 2 heterocycles. The molecular formula is C18H22N4O2. The normalized spacial score (nSPS) is 11.0. The van der Waals surface area contributed by atoms with Crippen LogP contribution >= 0.6 is 0 Å². The van der Waals surface area contributed by atoms with Gasteiger partial charge < -0.3 is 14.8 Å². The van der Waals surface area contributed by atoms with Crippen LogP contribution in [0.2, 0.25) is 0 Å². The van der Waals surface area contributed by atoms with Gasteiger partial charge in [-0.1, -0.05) is 13.8 Å². The highest BCUT2D eigenvalue weighted by Gasteiger charge is 2.09. The Hall–Kier alpha value is -2.76. The lowest BCUT2D eigenvalue weighted by Gasteiger charge is -2.11. The van der Waals surface area contributed by atoms with Gasteiger partial charge in [0, 0.05) is 11.8 Å². The van der Waals surface area contributed by atoms with Crippen LogP contribution in [0.4, 0.5) is 11.5 Å². The molecule has 0 saturated carbocycles. The van der Waals surface area contributed by atoms with Crippen molar-refractivity contribution < 1.29 is 9.47 Å². The smallest absolute Gasteiger partial charge is 0.162 e. The Labute approximate surface area is 141 Å². The summed E-state index contributed by atoms with van der Waals surface area (Å²) in [5.41, 5.74) is 2.84. The average Bonchev–Trinajstić information content (AvgIpc) is 2.96. The molecule has 6 heteroatoms. The molecule has 0 aliphatic carbocycles. The highest BCUT2D eigenvalue weighted by Crippen LogP contribution is 2.30. The van der Waals surface area contributed by atoms with Crippen molar-refractivity contribution in [1.82, 2.24) is 14.6 Å². The molecule has 2 aromatic heterocycles. The number of nitrogens with one attached hydrogen (secondary N) is 1. The first-order chi connectivity index (χ1) is 11.6. The van der Waals surface area contributed by atoms with E-state index in [0.717, 1.165) is 29.3 Å². The van der Waals surface area contributed by atoms with Gasteiger partial charge in [0.15, 0.2) is 23.0 Å². The molecule has 1 aromatic carbocycles. The molecule has 0 aliphatic heterocycles. The monoisotopic (exact) mass is 326 g/mol. The molecule has 0 amide bonds. The van der Waals surface area contributed by atoms with Crippen LogP contribution in [0.15, 0.2) is 36.5 Å². The number of ether oxygens (including phenoxy) is 2. The number of nitrogens with zero attached hydrogens (tertiary/aromatic N) is 3. The Morgan fingerprint density at radius 2 is 1.88 bits per heavy atom. The fourth-order valence-corrected chi connectivity index (χ4v) is 2.61. The Bertz CT molecular complexity index is 842. The standard InChI is InChI=1S/C18H22N4O2/c1-12(2)9-14-11-19-18-8-7-17(21-22(14)18)20-13-5-6-15(23-3)16(10-13)24-4/h5-8,10-12H,9H2,1-4H3,(H,20,21). The number of hydrogen-bond acceptors (Lipinski definition) is 5. The van der Waals surface area contributed by atoms with Gasteiger partial charge in [-0.3, -0.25) is 0 Å². The second kappa shape index (κ2) is 6.78. The number of benzene rings is 1. The maximum absolute atomic E-state index is 5.33. The third-order valence-electron chi connectivity index (χ3n) is 3.71. The molecule has 1 N–H and O–H groups in total. The molecule has 0 atom stereocenters. The number of methoxy groups -OCH3 is 2. The molecule has 0 spiro atoms. The summed E-state index contributed by atoms with van der Waals surface area (Å²) in [6, 6.07) is 9.54. The Balaban J connectivity index is 1.89. The quantitative estimate of drug-likeness (QED) is 0.748. The second-order valence-electron chi connectivity index (χ2n) is 6.03. The molecule has 3 rings (SSSR count). The third kappa shape index (κ3) is 3.27. The predicted molar refractivity (Wildman–Crippen MR) is 94.4 cm³/mol. The van der Waals surface area contributed by atoms with Crippen molar-refractivity contribution in [2.75, 3.05) is 19.5 Å². The molecule has 3 aromatic rings. The minimum absolute atomic E-state index is 0.550. The third-order valence-corrected chi connectivity index (χ3v) is 3.71. The van der Waals surface area contributed by atoms with Gasteiger partial charge in [-0.2, -0.15) is 0 Å². The molecule has 24 heavy (non-hydrogen) atoms. The van der Waals surface area contributed by atoms with Crippen molar-refractivity contribution in [2.45, 2.75) is 20.3 Å². The first-order valence-corrected chi connectivity index (χ1v) is 7.93. The maximum Gasteiger partial charge on any atom is 0.162 e. The van der Waals surface area contributed by atoms with Crippen molar-refractivity contribution in [3.8, 4) is 11.5 Å². The Morgan fingerprint density at radius 3 is 2.58 bits per heavy atom. The van der Waals surface area contributed by atoms with Crippen molar-refractivity contribution >= 4 is 17.2 Å². The summed E-state index contributed by atoms with van der Waals surface area (Å²) >= 11 is 0. The zero-order chi connectivity index (χ0) is 17.1. The SMILES string of the molecule is COc1ccc(Nc2ccc3ncc(CC(C)C)n3n2)cc1OC. The number of fused-ring (bicyclic) bond motifs is 1. The lowest BCUT2D eigenvalue weighted by molar-refractivity contribution is 0.355. The molecule has 0 radical (unpaired) electrons. The lowest BCUT2D eigenvalue weighted by Crippen LogP contribution is -2.04. The van der Waals surface area contributed by atoms with E-state index < -0.39 is 0 Å². The maximum atomic E-state index is 5.33. The fourth-order valence-electron chi connectivity index (χ4n) is 2.61. The number of anilines is 2. The second-order valence-corrected chi connectivity index (χ2v) is 6.03. The molecule has 0 bridgehead atoms. The van der Waals surface area contributed by atoms with E-state index in [2.05, 4.69) is 29.2 Å². The van der Waals surface area contributed by atoms with Gasteiger partial charge >= 0.3 is 0 Å². The summed E-state index contributed by atoms with van der Waals surface area (Å²) in [5, 5.41) is 7.95. The van der Waals surface area contributed by atoms with Crippen LogP contribution in [-0.2, 0) is 6.42 Å². The Kier molecular flexibility index (Phi) is 4.55. The highest BCUT2D eigenvalue weighted by atomic mass is 16.5. The summed E-state index contributed by atoms with van der Waals surface area (Å²) < 4.78 is 12.5. The van der Waals surface area contributed by atoms with Crippen LogP contribution in [0.3, 0.4) is 0 Å². The topological polar surface area (TPSA) is 60.7 Å². The minimum atomic E-state index is 0.550. The Morgan fingerprint density at radius 1 is 1.08 bits per heavy atom. The minimum Gasteiger partial charge on any atom is -0.493 e. The largest absolute Gasteiger partial charge is 0.493 e. The fraction of sp³-hybridized carbons (Fsp3) is 0.333. The van der Waals surface area contributed by atoms with Crippen molar-refractivity contribution in [3.05, 3.63) is 42.2 Å². The number of aromatic nitrogens is 3. The van der Waals surface area contributed by atoms with E-state index in [-0.39, 0.29) is 0 Å². The van der Waals surface area contributed by atoms with E-state index >= 15 is 0 Å². The zero-order valence-electron chi connectivity index (χ0n) is 14.4. The van der Waals surface area contributed by atoms with E-state index in [1.807, 2.05) is 41.0 Å². The van der Waals surface area contributed by atoms with Crippen molar-refractivity contribution in [2.24, 2.45) is 5.92 Å². The highest BCUT2D eigenvalue weighted by molar-refractivity contribution is 5.62. The summed E-state index contributed by atoms with van der Waals surface area (Å²) in [6.07, 6.45) is 2.83. The molecule has 0 saturated heterocycles. The molecule has 0 fully saturated rings. The van der Waals surface area contributed by atoms with Crippen LogP contribution in [0, 0.1) is 5.92 Å². The van der Waals surface area contributed by atoms with E-state index in [0.29, 0.717) is 17.4 Å². The lowest BCUT2D eigenvalue weighted by atomic mass is 10.1. The number of rotatable bonds is 6. The van der Waals surface area contributed by atoms with Crippen molar-refractivity contribution in [3.63, 3.8) is 0 Å². The van der Waals surface area contributed by atoms with Crippen molar-refractivity contribution in [1.29, 1.82) is 0 Å². The molecule has 6 nitrogen and oxygen atoms in total.